The number of hydrogen-bond acceptors (Lipinski definition) is 1. The number of alkyl halides is 1. The minimum Gasteiger partial charge on any atom is -0.668 e. The van der Waals surface area contributed by atoms with Crippen molar-refractivity contribution in [2.75, 3.05) is 41.0 Å². The van der Waals surface area contributed by atoms with E-state index >= 15 is 0 Å². The molecule has 18 heavy (non-hydrogen) atoms. The molecule has 0 spiro atoms. The Labute approximate surface area is 146 Å². The first kappa shape index (κ1) is 27.8. The molecule has 1 aliphatic carbocycles. The smallest absolute Gasteiger partial charge is 0.668 e. The van der Waals surface area contributed by atoms with E-state index in [-0.39, 0.29) is 33.3 Å². The first-order valence-electron chi connectivity index (χ1n) is 5.48. The second-order valence-corrected chi connectivity index (χ2v) is 5.71. The summed E-state index contributed by atoms with van der Waals surface area (Å²) in [6.07, 6.45) is 4.14. The van der Waals surface area contributed by atoms with Crippen LogP contribution in [0.4, 0.5) is 0 Å². The summed E-state index contributed by atoms with van der Waals surface area (Å²) in [5.41, 5.74) is 0. The zero-order valence-electron chi connectivity index (χ0n) is 12.6. The van der Waals surface area contributed by atoms with Crippen molar-refractivity contribution >= 4 is 27.9 Å². The van der Waals surface area contributed by atoms with Crippen LogP contribution in [-0.4, -0.2) is 45.8 Å². The Kier molecular flexibility index (Phi) is 36.6. The third kappa shape index (κ3) is 19.9. The fourth-order valence-corrected chi connectivity index (χ4v) is 3.11. The van der Waals surface area contributed by atoms with Crippen LogP contribution in [0.1, 0.15) is 19.3 Å². The number of hydrogen-bond donors (Lipinski definition) is 0. The Balaban J connectivity index is -0.000000106. The molecule has 0 aromatic carbocycles. The van der Waals surface area contributed by atoms with E-state index in [0.717, 1.165) is 10.7 Å². The van der Waals surface area contributed by atoms with Gasteiger partial charge in [0.1, 0.15) is 0 Å². The summed E-state index contributed by atoms with van der Waals surface area (Å²) in [6.45, 7) is 0. The second kappa shape index (κ2) is 23.7. The van der Waals surface area contributed by atoms with E-state index in [1.165, 1.54) is 25.0 Å². The molecular formula is C12H28BrHfN3S. The van der Waals surface area contributed by atoms with Crippen molar-refractivity contribution < 1.29 is 25.8 Å². The minimum absolute atomic E-state index is 0. The molecule has 2 unspecified atom stereocenters. The molecular weight excluding hydrogens is 477 g/mol. The summed E-state index contributed by atoms with van der Waals surface area (Å²) in [7, 11) is 8.86. The average molecular weight is 505 g/mol. The molecule has 108 valence electrons. The Bertz CT molecular complexity index is 132. The van der Waals surface area contributed by atoms with Crippen LogP contribution in [0.2, 0.25) is 0 Å². The predicted octanol–water partition coefficient (Wildman–Crippen LogP) is 4.89. The molecule has 0 bridgehead atoms. The van der Waals surface area contributed by atoms with E-state index in [1.54, 1.807) is 40.1 Å². The molecule has 0 N–H and O–H groups in total. The van der Waals surface area contributed by atoms with Crippen LogP contribution in [0.25, 0.3) is 15.4 Å². The van der Waals surface area contributed by atoms with Crippen molar-refractivity contribution in [3.05, 3.63) is 22.8 Å². The molecule has 1 aliphatic rings. The molecule has 0 saturated heterocycles. The summed E-state index contributed by atoms with van der Waals surface area (Å²) < 4.78 is 4.03. The SMILES string of the molecule is C[N-]C.C[N-]C.C[N-]SCC1CCCC1Br.[CH3-].[Hf+4]. The standard InChI is InChI=1S/C7H13BrNS.2C2H6N.CH3.Hf/c1-9-10-5-6-3-2-4-7(6)8;2*1-3-2;;/h6-7H,2-5H2,1H3;2*1-2H3;1H3;/q4*-1;+4. The molecule has 0 aliphatic heterocycles. The molecule has 1 fully saturated rings. The summed E-state index contributed by atoms with van der Waals surface area (Å²) >= 11 is 5.38. The van der Waals surface area contributed by atoms with Crippen LogP contribution in [0.3, 0.4) is 0 Å². The molecule has 2 atom stereocenters. The molecule has 0 radical (unpaired) electrons. The van der Waals surface area contributed by atoms with Gasteiger partial charge in [0.05, 0.1) is 0 Å². The molecule has 0 amide bonds. The third-order valence-electron chi connectivity index (χ3n) is 1.98. The van der Waals surface area contributed by atoms with Gasteiger partial charge in [0.25, 0.3) is 0 Å². The summed E-state index contributed by atoms with van der Waals surface area (Å²) in [4.78, 5) is 0.766. The van der Waals surface area contributed by atoms with Crippen LogP contribution < -0.4 is 0 Å². The van der Waals surface area contributed by atoms with Gasteiger partial charge >= 0.3 is 25.8 Å². The maximum atomic E-state index is 4.03. The first-order chi connectivity index (χ1) is 7.67. The molecule has 1 saturated carbocycles. The van der Waals surface area contributed by atoms with Gasteiger partial charge in [-0.25, -0.2) is 0 Å². The van der Waals surface area contributed by atoms with Crippen molar-refractivity contribution in [3.63, 3.8) is 0 Å². The Hall–Kier alpha value is 1.58. The van der Waals surface area contributed by atoms with Crippen LogP contribution in [-0.2, 0) is 25.8 Å². The topological polar surface area (TPSA) is 42.3 Å². The minimum atomic E-state index is 0. The van der Waals surface area contributed by atoms with Crippen LogP contribution in [0.5, 0.6) is 0 Å². The molecule has 3 nitrogen and oxygen atoms in total. The van der Waals surface area contributed by atoms with Gasteiger partial charge in [-0.15, -0.1) is 0 Å². The quantitative estimate of drug-likeness (QED) is 0.234. The van der Waals surface area contributed by atoms with E-state index in [2.05, 4.69) is 31.3 Å². The van der Waals surface area contributed by atoms with E-state index in [4.69, 9.17) is 0 Å². The third-order valence-corrected chi connectivity index (χ3v) is 4.02. The van der Waals surface area contributed by atoms with Crippen molar-refractivity contribution in [2.24, 2.45) is 5.92 Å². The first-order valence-corrected chi connectivity index (χ1v) is 7.34. The van der Waals surface area contributed by atoms with Gasteiger partial charge in [-0.05, 0) is 24.5 Å². The summed E-state index contributed by atoms with van der Waals surface area (Å²) in [5, 5.41) is 7.00. The van der Waals surface area contributed by atoms with Crippen molar-refractivity contribution in [1.29, 1.82) is 0 Å². The van der Waals surface area contributed by atoms with Crippen LogP contribution in [0, 0.1) is 13.3 Å². The molecule has 1 rings (SSSR count). The van der Waals surface area contributed by atoms with E-state index in [1.807, 2.05) is 7.05 Å². The van der Waals surface area contributed by atoms with Gasteiger partial charge < -0.3 is 22.8 Å². The van der Waals surface area contributed by atoms with Gasteiger partial charge in [-0.3, -0.25) is 11.9 Å². The second-order valence-electron chi connectivity index (χ2n) is 3.58. The number of nitrogens with zero attached hydrogens (tertiary/aromatic N) is 3. The Morgan fingerprint density at radius 1 is 1.06 bits per heavy atom. The summed E-state index contributed by atoms with van der Waals surface area (Å²) in [5.74, 6) is 2.07. The van der Waals surface area contributed by atoms with Crippen LogP contribution in [0.15, 0.2) is 0 Å². The van der Waals surface area contributed by atoms with Crippen LogP contribution >= 0.6 is 27.9 Å². The Morgan fingerprint density at radius 2 is 1.50 bits per heavy atom. The number of rotatable bonds is 3. The summed E-state index contributed by atoms with van der Waals surface area (Å²) in [6, 6.07) is 0. The van der Waals surface area contributed by atoms with Gasteiger partial charge in [-0.1, -0.05) is 22.4 Å². The van der Waals surface area contributed by atoms with Gasteiger partial charge in [0.15, 0.2) is 0 Å². The van der Waals surface area contributed by atoms with Gasteiger partial charge in [0.2, 0.25) is 0 Å². The monoisotopic (exact) mass is 505 g/mol. The number of halogens is 1. The normalized spacial score (nSPS) is 20.3. The van der Waals surface area contributed by atoms with E-state index < -0.39 is 0 Å². The van der Waals surface area contributed by atoms with Crippen molar-refractivity contribution in [2.45, 2.75) is 24.1 Å². The van der Waals surface area contributed by atoms with Crippen molar-refractivity contribution in [1.82, 2.24) is 0 Å². The zero-order chi connectivity index (χ0) is 12.8. The molecule has 0 heterocycles. The van der Waals surface area contributed by atoms with Crippen molar-refractivity contribution in [3.8, 4) is 0 Å². The van der Waals surface area contributed by atoms with Gasteiger partial charge in [0, 0.05) is 4.83 Å². The van der Waals surface area contributed by atoms with E-state index in [9.17, 15) is 0 Å². The maximum absolute atomic E-state index is 4.03. The molecule has 6 heteroatoms. The van der Waals surface area contributed by atoms with E-state index in [0.29, 0.717) is 0 Å². The molecule has 0 aromatic heterocycles. The zero-order valence-corrected chi connectivity index (χ0v) is 18.6. The predicted molar refractivity (Wildman–Crippen MR) is 88.6 cm³/mol. The average Bonchev–Trinajstić information content (AvgIpc) is 2.63. The Morgan fingerprint density at radius 3 is 1.78 bits per heavy atom. The largest absolute Gasteiger partial charge is 4.00 e. The molecule has 0 aromatic rings. The fourth-order valence-electron chi connectivity index (χ4n) is 1.35. The van der Waals surface area contributed by atoms with Gasteiger partial charge in [-0.2, -0.15) is 35.2 Å². The maximum Gasteiger partial charge on any atom is 4.00 e. The fraction of sp³-hybridized carbons (Fsp3) is 0.917.